The summed E-state index contributed by atoms with van der Waals surface area (Å²) in [7, 11) is 0. The Bertz CT molecular complexity index is 1060. The van der Waals surface area contributed by atoms with E-state index in [1.54, 1.807) is 10.6 Å². The third-order valence-corrected chi connectivity index (χ3v) is 5.07. The van der Waals surface area contributed by atoms with Crippen molar-refractivity contribution in [2.75, 3.05) is 0 Å². The molecule has 0 unspecified atom stereocenters. The van der Waals surface area contributed by atoms with E-state index < -0.39 is 5.97 Å². The molecule has 0 spiro atoms. The lowest BCUT2D eigenvalue weighted by Crippen LogP contribution is -2.28. The van der Waals surface area contributed by atoms with Crippen molar-refractivity contribution in [3.8, 4) is 5.75 Å². The maximum atomic E-state index is 12.7. The van der Waals surface area contributed by atoms with E-state index in [-0.39, 0.29) is 18.2 Å². The number of imidazole rings is 1. The Balaban J connectivity index is 1.94. The van der Waals surface area contributed by atoms with Crippen LogP contribution in [0.1, 0.15) is 37.8 Å². The van der Waals surface area contributed by atoms with E-state index in [0.717, 1.165) is 22.2 Å². The Morgan fingerprint density at radius 1 is 1.15 bits per heavy atom. The number of hydrogen-bond acceptors (Lipinski definition) is 3. The van der Waals surface area contributed by atoms with Crippen LogP contribution in [0, 0.1) is 6.92 Å². The first-order chi connectivity index (χ1) is 12.8. The molecule has 1 heterocycles. The molecule has 0 bridgehead atoms. The van der Waals surface area contributed by atoms with E-state index in [1.807, 2.05) is 58.0 Å². The van der Waals surface area contributed by atoms with Gasteiger partial charge in [-0.15, -0.1) is 0 Å². The fourth-order valence-electron chi connectivity index (χ4n) is 3.22. The van der Waals surface area contributed by atoms with Gasteiger partial charge in [0.15, 0.2) is 0 Å². The monoisotopic (exact) mass is 386 g/mol. The first-order valence-electron chi connectivity index (χ1n) is 9.02. The van der Waals surface area contributed by atoms with E-state index in [2.05, 4.69) is 0 Å². The largest absolute Gasteiger partial charge is 0.425 e. The third-order valence-electron chi connectivity index (χ3n) is 4.67. The summed E-state index contributed by atoms with van der Waals surface area (Å²) in [6, 6.07) is 11.0. The number of nitrogens with zero attached hydrogens (tertiary/aromatic N) is 2. The van der Waals surface area contributed by atoms with Crippen LogP contribution in [-0.4, -0.2) is 15.1 Å². The van der Waals surface area contributed by atoms with Crippen molar-refractivity contribution >= 4 is 28.6 Å². The standard InChI is InChI=1S/C21H23ClN2O3/c1-5-23-17-8-6-7-9-18(17)24(21(23)26)12-20(25)27-19-10-14(4)16(22)11-15(19)13(2)3/h6-11,13H,5,12H2,1-4H3. The van der Waals surface area contributed by atoms with Crippen molar-refractivity contribution in [1.29, 1.82) is 0 Å². The molecule has 3 rings (SSSR count). The highest BCUT2D eigenvalue weighted by Gasteiger charge is 2.18. The first-order valence-corrected chi connectivity index (χ1v) is 9.40. The van der Waals surface area contributed by atoms with Crippen molar-refractivity contribution in [3.05, 3.63) is 63.0 Å². The minimum atomic E-state index is -0.486. The molecule has 0 saturated heterocycles. The van der Waals surface area contributed by atoms with E-state index in [9.17, 15) is 9.59 Å². The van der Waals surface area contributed by atoms with E-state index in [0.29, 0.717) is 17.3 Å². The van der Waals surface area contributed by atoms with Crippen LogP contribution in [0.2, 0.25) is 5.02 Å². The zero-order valence-corrected chi connectivity index (χ0v) is 16.7. The number of halogens is 1. The molecule has 3 aromatic rings. The molecule has 0 aliphatic heterocycles. The van der Waals surface area contributed by atoms with Crippen LogP contribution in [0.4, 0.5) is 0 Å². The number of carbonyl (C=O) groups excluding carboxylic acids is 1. The van der Waals surface area contributed by atoms with Gasteiger partial charge in [0, 0.05) is 11.6 Å². The molecule has 27 heavy (non-hydrogen) atoms. The number of rotatable bonds is 5. The molecule has 0 amide bonds. The highest BCUT2D eigenvalue weighted by atomic mass is 35.5. The summed E-state index contributed by atoms with van der Waals surface area (Å²) in [5, 5.41) is 0.640. The van der Waals surface area contributed by atoms with E-state index >= 15 is 0 Å². The molecule has 0 N–H and O–H groups in total. The van der Waals surface area contributed by atoms with Crippen molar-refractivity contribution < 1.29 is 9.53 Å². The quantitative estimate of drug-likeness (QED) is 0.478. The second-order valence-electron chi connectivity index (χ2n) is 6.87. The number of para-hydroxylation sites is 2. The maximum Gasteiger partial charge on any atom is 0.331 e. The van der Waals surface area contributed by atoms with Gasteiger partial charge in [0.05, 0.1) is 11.0 Å². The second-order valence-corrected chi connectivity index (χ2v) is 7.28. The predicted octanol–water partition coefficient (Wildman–Crippen LogP) is 4.51. The van der Waals surface area contributed by atoms with Crippen LogP contribution < -0.4 is 10.4 Å². The Morgan fingerprint density at radius 3 is 2.37 bits per heavy atom. The lowest BCUT2D eigenvalue weighted by molar-refractivity contribution is -0.135. The van der Waals surface area contributed by atoms with Gasteiger partial charge in [-0.2, -0.15) is 0 Å². The van der Waals surface area contributed by atoms with Gasteiger partial charge in [0.1, 0.15) is 12.3 Å². The molecule has 0 aliphatic carbocycles. The number of ether oxygens (including phenoxy) is 1. The highest BCUT2D eigenvalue weighted by molar-refractivity contribution is 6.31. The van der Waals surface area contributed by atoms with Crippen molar-refractivity contribution in [1.82, 2.24) is 9.13 Å². The van der Waals surface area contributed by atoms with Crippen LogP contribution in [0.3, 0.4) is 0 Å². The number of fused-ring (bicyclic) bond motifs is 1. The molecule has 0 saturated carbocycles. The highest BCUT2D eigenvalue weighted by Crippen LogP contribution is 2.32. The van der Waals surface area contributed by atoms with E-state index in [1.165, 1.54) is 4.57 Å². The van der Waals surface area contributed by atoms with Gasteiger partial charge in [-0.05, 0) is 55.2 Å². The summed E-state index contributed by atoms with van der Waals surface area (Å²) in [6.07, 6.45) is 0. The molecule has 0 radical (unpaired) electrons. The van der Waals surface area contributed by atoms with Gasteiger partial charge in [-0.1, -0.05) is 37.6 Å². The Hall–Kier alpha value is -2.53. The number of esters is 1. The molecule has 0 atom stereocenters. The number of hydrogen-bond donors (Lipinski definition) is 0. The van der Waals surface area contributed by atoms with Gasteiger partial charge in [-0.3, -0.25) is 9.13 Å². The van der Waals surface area contributed by atoms with Crippen LogP contribution in [0.15, 0.2) is 41.2 Å². The Kier molecular flexibility index (Phi) is 5.42. The fourth-order valence-corrected chi connectivity index (χ4v) is 3.40. The number of aryl methyl sites for hydroxylation is 2. The molecule has 1 aromatic heterocycles. The summed E-state index contributed by atoms with van der Waals surface area (Å²) in [5.41, 5.74) is 3.01. The van der Waals surface area contributed by atoms with Gasteiger partial charge in [0.25, 0.3) is 0 Å². The minimum absolute atomic E-state index is 0.147. The maximum absolute atomic E-state index is 12.7. The summed E-state index contributed by atoms with van der Waals surface area (Å²) in [5.74, 6) is 0.152. The first kappa shape index (κ1) is 19.2. The molecule has 6 heteroatoms. The topological polar surface area (TPSA) is 53.2 Å². The molecular weight excluding hydrogens is 364 g/mol. The van der Waals surface area contributed by atoms with Crippen molar-refractivity contribution in [3.63, 3.8) is 0 Å². The third kappa shape index (κ3) is 3.65. The molecule has 5 nitrogen and oxygen atoms in total. The zero-order valence-electron chi connectivity index (χ0n) is 16.0. The van der Waals surface area contributed by atoms with Crippen LogP contribution >= 0.6 is 11.6 Å². The smallest absolute Gasteiger partial charge is 0.331 e. The average molecular weight is 387 g/mol. The predicted molar refractivity (Wildman–Crippen MR) is 108 cm³/mol. The van der Waals surface area contributed by atoms with Gasteiger partial charge < -0.3 is 4.74 Å². The summed E-state index contributed by atoms with van der Waals surface area (Å²) >= 11 is 6.21. The molecular formula is C21H23ClN2O3. The molecule has 0 fully saturated rings. The fraction of sp³-hybridized carbons (Fsp3) is 0.333. The van der Waals surface area contributed by atoms with Crippen LogP contribution in [-0.2, 0) is 17.9 Å². The van der Waals surface area contributed by atoms with Crippen LogP contribution in [0.25, 0.3) is 11.0 Å². The van der Waals surface area contributed by atoms with Gasteiger partial charge in [-0.25, -0.2) is 9.59 Å². The molecule has 142 valence electrons. The summed E-state index contributed by atoms with van der Waals surface area (Å²) in [4.78, 5) is 25.3. The second kappa shape index (κ2) is 7.61. The Labute approximate surface area is 163 Å². The molecule has 0 aliphatic rings. The van der Waals surface area contributed by atoms with Gasteiger partial charge in [0.2, 0.25) is 0 Å². The minimum Gasteiger partial charge on any atom is -0.425 e. The average Bonchev–Trinajstić information content (AvgIpc) is 2.89. The van der Waals surface area contributed by atoms with Crippen molar-refractivity contribution in [2.24, 2.45) is 0 Å². The Morgan fingerprint density at radius 2 is 1.78 bits per heavy atom. The number of carbonyl (C=O) groups is 1. The number of aromatic nitrogens is 2. The van der Waals surface area contributed by atoms with Crippen molar-refractivity contribution in [2.45, 2.75) is 46.7 Å². The summed E-state index contributed by atoms with van der Waals surface area (Å²) < 4.78 is 8.73. The molecule has 2 aromatic carbocycles. The summed E-state index contributed by atoms with van der Waals surface area (Å²) in [6.45, 7) is 8.18. The normalized spacial score (nSPS) is 11.3. The lowest BCUT2D eigenvalue weighted by Gasteiger charge is -2.15. The van der Waals surface area contributed by atoms with E-state index in [4.69, 9.17) is 16.3 Å². The number of benzene rings is 2. The van der Waals surface area contributed by atoms with Gasteiger partial charge >= 0.3 is 11.7 Å². The lowest BCUT2D eigenvalue weighted by atomic mass is 10.0. The zero-order chi connectivity index (χ0) is 19.7. The SMILES string of the molecule is CCn1c(=O)n(CC(=O)Oc2cc(C)c(Cl)cc2C(C)C)c2ccccc21. The van der Waals surface area contributed by atoms with Crippen LogP contribution in [0.5, 0.6) is 5.75 Å².